The van der Waals surface area contributed by atoms with Gasteiger partial charge < -0.3 is 4.74 Å². The van der Waals surface area contributed by atoms with E-state index in [9.17, 15) is 0 Å². The maximum atomic E-state index is 9.14. The first kappa shape index (κ1) is 12.4. The van der Waals surface area contributed by atoms with E-state index in [4.69, 9.17) is 9.99 Å². The van der Waals surface area contributed by atoms with Crippen LogP contribution in [0.15, 0.2) is 84.7 Å². The van der Waals surface area contributed by atoms with Crippen molar-refractivity contribution in [3.63, 3.8) is 0 Å². The van der Waals surface area contributed by atoms with Crippen molar-refractivity contribution >= 4 is 0 Å². The lowest BCUT2D eigenvalue weighted by atomic mass is 10.0. The predicted octanol–water partition coefficient (Wildman–Crippen LogP) is 3.44. The Balaban J connectivity index is 2.41. The Kier molecular flexibility index (Phi) is 4.12. The van der Waals surface area contributed by atoms with Crippen LogP contribution in [0.4, 0.5) is 0 Å². The van der Waals surface area contributed by atoms with Crippen LogP contribution in [0.5, 0.6) is 0 Å². The molecular formula is C15H14O3. The summed E-state index contributed by atoms with van der Waals surface area (Å²) in [4.78, 5) is 4.53. The molecule has 1 N–H and O–H groups in total. The normalized spacial score (nSPS) is 34.8. The summed E-state index contributed by atoms with van der Waals surface area (Å²) in [6.07, 6.45) is 23.4. The highest BCUT2D eigenvalue weighted by molar-refractivity contribution is 5.39. The number of allylic oxidation sites excluding steroid dienone is 10. The average Bonchev–Trinajstić information content (AvgIpc) is 2.40. The monoisotopic (exact) mass is 242 g/mol. The van der Waals surface area contributed by atoms with E-state index >= 15 is 0 Å². The first-order valence-electron chi connectivity index (χ1n) is 5.61. The molecule has 3 nitrogen and oxygen atoms in total. The molecule has 1 atom stereocenters. The maximum absolute atomic E-state index is 9.14. The van der Waals surface area contributed by atoms with Gasteiger partial charge in [0, 0.05) is 5.57 Å². The van der Waals surface area contributed by atoms with Gasteiger partial charge in [0.05, 0.1) is 6.26 Å². The summed E-state index contributed by atoms with van der Waals surface area (Å²) in [6, 6.07) is 0. The van der Waals surface area contributed by atoms with Crippen molar-refractivity contribution in [1.29, 1.82) is 0 Å². The molecule has 2 aliphatic rings. The second-order valence-corrected chi connectivity index (χ2v) is 3.70. The largest absolute Gasteiger partial charge is 0.460 e. The lowest BCUT2D eigenvalue weighted by Crippen LogP contribution is -2.34. The summed E-state index contributed by atoms with van der Waals surface area (Å²) in [5.41, 5.74) is 0.700. The highest BCUT2D eigenvalue weighted by atomic mass is 17.1. The van der Waals surface area contributed by atoms with Gasteiger partial charge in [-0.3, -0.25) is 0 Å². The Labute approximate surface area is 106 Å². The smallest absolute Gasteiger partial charge is 0.285 e. The molecule has 1 heterocycles. The van der Waals surface area contributed by atoms with E-state index in [1.165, 1.54) is 6.26 Å². The first-order valence-corrected chi connectivity index (χ1v) is 5.61. The molecule has 0 amide bonds. The van der Waals surface area contributed by atoms with Crippen LogP contribution in [0.25, 0.3) is 0 Å². The minimum absolute atomic E-state index is 0.700. The molecule has 0 saturated heterocycles. The molecule has 18 heavy (non-hydrogen) atoms. The molecule has 3 heteroatoms. The van der Waals surface area contributed by atoms with Crippen LogP contribution < -0.4 is 0 Å². The quantitative estimate of drug-likeness (QED) is 0.565. The van der Waals surface area contributed by atoms with Crippen molar-refractivity contribution in [1.82, 2.24) is 0 Å². The van der Waals surface area contributed by atoms with Crippen LogP contribution in [-0.4, -0.2) is 11.0 Å². The van der Waals surface area contributed by atoms with Crippen LogP contribution >= 0.6 is 0 Å². The fraction of sp³-hybridized carbons (Fsp3) is 0.0667. The molecule has 0 radical (unpaired) electrons. The van der Waals surface area contributed by atoms with E-state index in [-0.39, 0.29) is 0 Å². The summed E-state index contributed by atoms with van der Waals surface area (Å²) >= 11 is 0. The van der Waals surface area contributed by atoms with Crippen LogP contribution in [-0.2, 0) is 9.62 Å². The molecule has 1 aliphatic carbocycles. The Morgan fingerprint density at radius 1 is 0.889 bits per heavy atom. The van der Waals surface area contributed by atoms with Crippen molar-refractivity contribution in [3.05, 3.63) is 84.7 Å². The Bertz CT molecular complexity index is 490. The third kappa shape index (κ3) is 2.77. The zero-order valence-electron chi connectivity index (χ0n) is 9.77. The molecule has 0 aromatic rings. The molecule has 0 spiro atoms. The van der Waals surface area contributed by atoms with Gasteiger partial charge in [0.2, 0.25) is 0 Å². The van der Waals surface area contributed by atoms with Gasteiger partial charge in [-0.05, 0) is 18.2 Å². The highest BCUT2D eigenvalue weighted by Crippen LogP contribution is 2.29. The summed E-state index contributed by atoms with van der Waals surface area (Å²) in [5, 5.41) is 9.14. The standard InChI is InChI=1S/C15H14O3/c16-18-15-12-8-6-4-2-1-3-5-7-10-14(15)11-9-13-17-15/h1-13,16H/b2-1+,5-3-,6-4-,10-7+,12-8+. The van der Waals surface area contributed by atoms with Gasteiger partial charge in [-0.1, -0.05) is 54.7 Å². The zero-order chi connectivity index (χ0) is 12.7. The van der Waals surface area contributed by atoms with Crippen LogP contribution in [0.2, 0.25) is 0 Å². The van der Waals surface area contributed by atoms with Crippen LogP contribution in [0.1, 0.15) is 0 Å². The summed E-state index contributed by atoms with van der Waals surface area (Å²) in [7, 11) is 0. The molecular weight excluding hydrogens is 228 g/mol. The number of rotatable bonds is 1. The van der Waals surface area contributed by atoms with Gasteiger partial charge in [0.1, 0.15) is 0 Å². The molecule has 0 aromatic heterocycles. The van der Waals surface area contributed by atoms with Crippen LogP contribution in [0, 0.1) is 0 Å². The number of ether oxygens (including phenoxy) is 1. The first-order chi connectivity index (χ1) is 8.87. The van der Waals surface area contributed by atoms with Crippen molar-refractivity contribution in [3.8, 4) is 0 Å². The predicted molar refractivity (Wildman–Crippen MR) is 70.5 cm³/mol. The van der Waals surface area contributed by atoms with E-state index in [1.807, 2.05) is 54.7 Å². The molecule has 0 bridgehead atoms. The number of hydrogen-bond donors (Lipinski definition) is 1. The molecule has 0 saturated carbocycles. The van der Waals surface area contributed by atoms with Crippen molar-refractivity contribution in [2.24, 2.45) is 0 Å². The second kappa shape index (κ2) is 6.00. The Morgan fingerprint density at radius 3 is 2.28 bits per heavy atom. The fourth-order valence-corrected chi connectivity index (χ4v) is 1.61. The van der Waals surface area contributed by atoms with E-state index < -0.39 is 5.79 Å². The van der Waals surface area contributed by atoms with Gasteiger partial charge in [0.15, 0.2) is 0 Å². The highest BCUT2D eigenvalue weighted by Gasteiger charge is 2.34. The lowest BCUT2D eigenvalue weighted by Gasteiger charge is -2.29. The summed E-state index contributed by atoms with van der Waals surface area (Å²) in [5.74, 6) is -1.29. The fourth-order valence-electron chi connectivity index (χ4n) is 1.61. The molecule has 1 unspecified atom stereocenters. The van der Waals surface area contributed by atoms with Gasteiger partial charge >= 0.3 is 0 Å². The molecule has 0 fully saturated rings. The second-order valence-electron chi connectivity index (χ2n) is 3.70. The summed E-state index contributed by atoms with van der Waals surface area (Å²) < 4.78 is 5.39. The van der Waals surface area contributed by atoms with Crippen LogP contribution in [0.3, 0.4) is 0 Å². The molecule has 2 rings (SSSR count). The SMILES string of the molecule is OOC12/C=C/C=C\C=C\C=C/C=C/C1=CC=CO2. The van der Waals surface area contributed by atoms with Gasteiger partial charge in [-0.25, -0.2) is 5.26 Å². The van der Waals surface area contributed by atoms with Crippen molar-refractivity contribution < 1.29 is 14.9 Å². The van der Waals surface area contributed by atoms with Crippen molar-refractivity contribution in [2.45, 2.75) is 5.79 Å². The third-order valence-corrected chi connectivity index (χ3v) is 2.50. The van der Waals surface area contributed by atoms with Gasteiger partial charge in [-0.15, -0.1) is 0 Å². The average molecular weight is 242 g/mol. The molecule has 1 aliphatic heterocycles. The molecule has 92 valence electrons. The van der Waals surface area contributed by atoms with E-state index in [1.54, 1.807) is 18.2 Å². The van der Waals surface area contributed by atoms with E-state index in [2.05, 4.69) is 4.89 Å². The lowest BCUT2D eigenvalue weighted by molar-refractivity contribution is -0.357. The zero-order valence-corrected chi connectivity index (χ0v) is 9.77. The van der Waals surface area contributed by atoms with Gasteiger partial charge in [0.25, 0.3) is 5.79 Å². The Morgan fingerprint density at radius 2 is 1.56 bits per heavy atom. The number of hydrogen-bond acceptors (Lipinski definition) is 3. The van der Waals surface area contributed by atoms with Gasteiger partial charge in [-0.2, -0.15) is 4.89 Å². The minimum atomic E-state index is -1.29. The Hall–Kier alpha value is -2.10. The molecule has 0 aromatic carbocycles. The van der Waals surface area contributed by atoms with E-state index in [0.29, 0.717) is 5.57 Å². The van der Waals surface area contributed by atoms with E-state index in [0.717, 1.165) is 0 Å². The maximum Gasteiger partial charge on any atom is 0.285 e. The van der Waals surface area contributed by atoms with Crippen molar-refractivity contribution in [2.75, 3.05) is 0 Å². The topological polar surface area (TPSA) is 38.7 Å². The minimum Gasteiger partial charge on any atom is -0.460 e. The third-order valence-electron chi connectivity index (χ3n) is 2.50. The number of fused-ring (bicyclic) bond motifs is 1. The summed E-state index contributed by atoms with van der Waals surface area (Å²) in [6.45, 7) is 0.